The molecule has 2 heterocycles. The number of carbonyl (C=O) groups excluding carboxylic acids is 1. The Morgan fingerprint density at radius 1 is 1.29 bits per heavy atom. The zero-order valence-corrected chi connectivity index (χ0v) is 19.0. The molecular formula is C23H31ClN4O3. The number of ketones is 1. The second kappa shape index (κ2) is 8.87. The summed E-state index contributed by atoms with van der Waals surface area (Å²) in [6.45, 7) is 3.06. The number of Topliss-reactive ketones (excluding diaryl/α,β-unsaturated/α-hetero) is 1. The minimum atomic E-state index is -0.836. The lowest BCUT2D eigenvalue weighted by Gasteiger charge is -2.39. The van der Waals surface area contributed by atoms with E-state index >= 15 is 0 Å². The summed E-state index contributed by atoms with van der Waals surface area (Å²) < 4.78 is 6.07. The van der Waals surface area contributed by atoms with Crippen molar-refractivity contribution in [3.63, 3.8) is 0 Å². The average Bonchev–Trinajstić information content (AvgIpc) is 3.17. The van der Waals surface area contributed by atoms with Crippen molar-refractivity contribution >= 4 is 23.1 Å². The first-order chi connectivity index (χ1) is 14.8. The third-order valence-corrected chi connectivity index (χ3v) is 7.38. The molecule has 1 aromatic heterocycles. The third kappa shape index (κ3) is 4.22. The van der Waals surface area contributed by atoms with Crippen LogP contribution in [-0.2, 0) is 4.79 Å². The molecule has 1 spiro atoms. The van der Waals surface area contributed by atoms with Gasteiger partial charge < -0.3 is 9.84 Å². The van der Waals surface area contributed by atoms with Crippen molar-refractivity contribution < 1.29 is 14.6 Å². The van der Waals surface area contributed by atoms with Gasteiger partial charge in [-0.05, 0) is 65.5 Å². The molecule has 1 aromatic rings. The normalized spacial score (nSPS) is 28.2. The van der Waals surface area contributed by atoms with Gasteiger partial charge in [-0.3, -0.25) is 15.1 Å². The number of likely N-dealkylation sites (N-methyl/N-ethyl adjacent to an activating group) is 1. The van der Waals surface area contributed by atoms with Crippen LogP contribution in [0.5, 0.6) is 5.88 Å². The Bertz CT molecular complexity index is 918. The molecule has 7 nitrogen and oxygen atoms in total. The van der Waals surface area contributed by atoms with Crippen molar-refractivity contribution in [1.82, 2.24) is 14.9 Å². The number of aliphatic hydroxyl groups excluding tert-OH is 1. The Morgan fingerprint density at radius 3 is 2.77 bits per heavy atom. The number of ether oxygens (including phenoxy) is 1. The molecule has 3 atom stereocenters. The molecule has 8 heteroatoms. The van der Waals surface area contributed by atoms with Crippen molar-refractivity contribution in [3.05, 3.63) is 28.4 Å². The highest BCUT2D eigenvalue weighted by Crippen LogP contribution is 2.48. The van der Waals surface area contributed by atoms with Crippen molar-refractivity contribution in [3.8, 4) is 5.88 Å². The fourth-order valence-corrected chi connectivity index (χ4v) is 5.62. The highest BCUT2D eigenvalue weighted by atomic mass is 35.5. The van der Waals surface area contributed by atoms with E-state index in [9.17, 15) is 9.90 Å². The van der Waals surface area contributed by atoms with Gasteiger partial charge in [0.2, 0.25) is 5.88 Å². The standard InChI is InChI=1S/C23H31ClN4O3/c1-14(16-8-6-12-28(16)2)31-19-13-18(24)26-22(27-19)20(25)15-7-5-11-23(21(15)30)10-4-3-9-17(23)29/h13-14,16,25,30H,3-12H2,1-2H3/t14-,16-,23+/m0/s1. The number of likely N-dealkylation sites (tertiary alicyclic amines) is 1. The second-order valence-electron chi connectivity index (χ2n) is 9.13. The van der Waals surface area contributed by atoms with Crippen LogP contribution in [0.15, 0.2) is 17.4 Å². The first-order valence-electron chi connectivity index (χ1n) is 11.3. The maximum atomic E-state index is 12.7. The monoisotopic (exact) mass is 446 g/mol. The molecule has 3 aliphatic rings. The summed E-state index contributed by atoms with van der Waals surface area (Å²) in [5.74, 6) is 0.579. The molecule has 2 aliphatic carbocycles. The maximum absolute atomic E-state index is 12.7. The number of halogens is 1. The van der Waals surface area contributed by atoms with E-state index in [1.54, 1.807) is 6.07 Å². The first-order valence-corrected chi connectivity index (χ1v) is 11.7. The lowest BCUT2D eigenvalue weighted by atomic mass is 9.64. The molecule has 1 saturated heterocycles. The lowest BCUT2D eigenvalue weighted by molar-refractivity contribution is -0.131. The number of hydrogen-bond donors (Lipinski definition) is 2. The summed E-state index contributed by atoms with van der Waals surface area (Å²) in [6.07, 6.45) is 6.96. The number of rotatable bonds is 5. The Hall–Kier alpha value is -1.99. The van der Waals surface area contributed by atoms with Gasteiger partial charge in [0.1, 0.15) is 28.5 Å². The molecule has 1 aliphatic heterocycles. The van der Waals surface area contributed by atoms with Crippen LogP contribution in [0.1, 0.15) is 70.5 Å². The fraction of sp³-hybridized carbons (Fsp3) is 0.652. The molecular weight excluding hydrogens is 416 g/mol. The van der Waals surface area contributed by atoms with Gasteiger partial charge in [-0.1, -0.05) is 18.0 Å². The van der Waals surface area contributed by atoms with E-state index in [0.717, 1.165) is 38.6 Å². The topological polar surface area (TPSA) is 99.4 Å². The van der Waals surface area contributed by atoms with Crippen molar-refractivity contribution in [1.29, 1.82) is 5.41 Å². The quantitative estimate of drug-likeness (QED) is 0.510. The van der Waals surface area contributed by atoms with E-state index in [2.05, 4.69) is 21.9 Å². The van der Waals surface area contributed by atoms with Gasteiger partial charge in [-0.2, -0.15) is 4.98 Å². The van der Waals surface area contributed by atoms with Gasteiger partial charge in [0, 0.05) is 24.1 Å². The Labute approximate surface area is 188 Å². The van der Waals surface area contributed by atoms with Crippen molar-refractivity contribution in [2.45, 2.75) is 76.9 Å². The molecule has 168 valence electrons. The SMILES string of the molecule is C[C@H](Oc1cc(Cl)nc(C(=N)C2=C(O)[C@]3(CCCCC3=O)CCC2)n1)[C@@H]1CCCN1C. The number of hydrogen-bond acceptors (Lipinski definition) is 7. The minimum absolute atomic E-state index is 0.0212. The number of aliphatic hydroxyl groups is 1. The predicted octanol–water partition coefficient (Wildman–Crippen LogP) is 4.48. The van der Waals surface area contributed by atoms with Crippen LogP contribution in [0.25, 0.3) is 0 Å². The number of aromatic nitrogens is 2. The molecule has 0 bridgehead atoms. The Balaban J connectivity index is 1.60. The van der Waals surface area contributed by atoms with Gasteiger partial charge in [0.05, 0.1) is 5.41 Å². The Morgan fingerprint density at radius 2 is 2.06 bits per heavy atom. The molecule has 2 fully saturated rings. The molecule has 0 unspecified atom stereocenters. The lowest BCUT2D eigenvalue weighted by Crippen LogP contribution is -2.39. The maximum Gasteiger partial charge on any atom is 0.218 e. The molecule has 1 saturated carbocycles. The van der Waals surface area contributed by atoms with E-state index in [-0.39, 0.29) is 34.3 Å². The van der Waals surface area contributed by atoms with Crippen molar-refractivity contribution in [2.24, 2.45) is 5.41 Å². The molecule has 0 amide bonds. The summed E-state index contributed by atoms with van der Waals surface area (Å²) in [7, 11) is 2.09. The number of nitrogens with zero attached hydrogens (tertiary/aromatic N) is 3. The molecule has 0 radical (unpaired) electrons. The molecule has 2 N–H and O–H groups in total. The molecule has 31 heavy (non-hydrogen) atoms. The van der Waals surface area contributed by atoms with E-state index in [4.69, 9.17) is 21.7 Å². The summed E-state index contributed by atoms with van der Waals surface area (Å²) in [4.78, 5) is 23.7. The van der Waals surface area contributed by atoms with Gasteiger partial charge in [0.15, 0.2) is 5.82 Å². The minimum Gasteiger partial charge on any atom is -0.511 e. The van der Waals surface area contributed by atoms with Crippen LogP contribution < -0.4 is 4.74 Å². The number of carbonyl (C=O) groups is 1. The molecule has 4 rings (SSSR count). The van der Waals surface area contributed by atoms with E-state index < -0.39 is 5.41 Å². The zero-order chi connectivity index (χ0) is 22.2. The highest BCUT2D eigenvalue weighted by Gasteiger charge is 2.47. The summed E-state index contributed by atoms with van der Waals surface area (Å²) >= 11 is 6.24. The van der Waals surface area contributed by atoms with E-state index in [1.807, 2.05) is 6.92 Å². The van der Waals surface area contributed by atoms with Crippen molar-refractivity contribution in [2.75, 3.05) is 13.6 Å². The largest absolute Gasteiger partial charge is 0.511 e. The average molecular weight is 447 g/mol. The molecule has 0 aromatic carbocycles. The van der Waals surface area contributed by atoms with Crippen LogP contribution in [0.4, 0.5) is 0 Å². The number of allylic oxidation sites excluding steroid dienone is 2. The Kier molecular flexibility index (Phi) is 6.35. The third-order valence-electron chi connectivity index (χ3n) is 7.18. The van der Waals surface area contributed by atoms with E-state index in [0.29, 0.717) is 43.2 Å². The summed E-state index contributed by atoms with van der Waals surface area (Å²) in [5, 5.41) is 20.0. The van der Waals surface area contributed by atoms with Gasteiger partial charge >= 0.3 is 0 Å². The smallest absolute Gasteiger partial charge is 0.218 e. The number of nitrogens with one attached hydrogen (secondary N) is 1. The van der Waals surface area contributed by atoms with Gasteiger partial charge in [0.25, 0.3) is 0 Å². The van der Waals surface area contributed by atoms with Crippen LogP contribution in [0.3, 0.4) is 0 Å². The van der Waals surface area contributed by atoms with Crippen LogP contribution in [0.2, 0.25) is 5.15 Å². The zero-order valence-electron chi connectivity index (χ0n) is 18.3. The van der Waals surface area contributed by atoms with Crippen LogP contribution in [-0.4, -0.2) is 57.2 Å². The van der Waals surface area contributed by atoms with Crippen LogP contribution >= 0.6 is 11.6 Å². The van der Waals surface area contributed by atoms with Gasteiger partial charge in [-0.15, -0.1) is 0 Å². The summed E-state index contributed by atoms with van der Waals surface area (Å²) in [5.41, 5.74) is -0.358. The fourth-order valence-electron chi connectivity index (χ4n) is 5.44. The van der Waals surface area contributed by atoms with E-state index in [1.165, 1.54) is 0 Å². The summed E-state index contributed by atoms with van der Waals surface area (Å²) in [6, 6.07) is 1.87. The predicted molar refractivity (Wildman–Crippen MR) is 119 cm³/mol. The van der Waals surface area contributed by atoms with Crippen LogP contribution in [0, 0.1) is 10.8 Å². The highest BCUT2D eigenvalue weighted by molar-refractivity contribution is 6.29. The first kappa shape index (κ1) is 22.2. The van der Waals surface area contributed by atoms with Gasteiger partial charge in [-0.25, -0.2) is 4.98 Å². The second-order valence-corrected chi connectivity index (χ2v) is 9.52.